The summed E-state index contributed by atoms with van der Waals surface area (Å²) in [5.41, 5.74) is -0.734. The second kappa shape index (κ2) is 1.93. The molecular weight excluding hydrogens is 150 g/mol. The van der Waals surface area contributed by atoms with E-state index in [1.165, 1.54) is 0 Å². The first kappa shape index (κ1) is 7.43. The van der Waals surface area contributed by atoms with Gasteiger partial charge in [-0.1, -0.05) is 0 Å². The van der Waals surface area contributed by atoms with E-state index in [9.17, 15) is 8.78 Å². The number of hydrogen-bond acceptors (Lipinski definition) is 2. The van der Waals surface area contributed by atoms with Gasteiger partial charge in [0.05, 0.1) is 12.0 Å². The van der Waals surface area contributed by atoms with Crippen LogP contribution >= 0.6 is 0 Å². The van der Waals surface area contributed by atoms with Gasteiger partial charge in [0.2, 0.25) is 0 Å². The standard InChI is InChI=1S/C7H12F2N2/c1-11-4-6(5-11)2-10-3-7(6,8)9/h10H,2-5H2,1H3. The van der Waals surface area contributed by atoms with Crippen LogP contribution in [0.15, 0.2) is 0 Å². The zero-order valence-corrected chi connectivity index (χ0v) is 6.53. The Labute approximate surface area is 64.6 Å². The SMILES string of the molecule is CN1CC2(CNCC2(F)F)C1. The molecule has 4 heteroatoms. The Hall–Kier alpha value is -0.220. The third kappa shape index (κ3) is 0.825. The maximum atomic E-state index is 13.1. The summed E-state index contributed by atoms with van der Waals surface area (Å²) in [6.45, 7) is 1.41. The second-order valence-corrected chi connectivity index (χ2v) is 3.76. The fraction of sp³-hybridized carbons (Fsp3) is 1.00. The molecule has 2 saturated heterocycles. The minimum Gasteiger partial charge on any atom is -0.310 e. The van der Waals surface area contributed by atoms with Crippen LogP contribution in [-0.2, 0) is 0 Å². The fourth-order valence-electron chi connectivity index (χ4n) is 2.11. The highest BCUT2D eigenvalue weighted by atomic mass is 19.3. The van der Waals surface area contributed by atoms with E-state index in [0.717, 1.165) is 0 Å². The first-order valence-electron chi connectivity index (χ1n) is 3.83. The second-order valence-electron chi connectivity index (χ2n) is 3.76. The predicted molar refractivity (Wildman–Crippen MR) is 37.7 cm³/mol. The Morgan fingerprint density at radius 3 is 2.27 bits per heavy atom. The fourth-order valence-corrected chi connectivity index (χ4v) is 2.11. The monoisotopic (exact) mass is 162 g/mol. The molecule has 2 rings (SSSR count). The van der Waals surface area contributed by atoms with Crippen molar-refractivity contribution in [3.05, 3.63) is 0 Å². The zero-order valence-electron chi connectivity index (χ0n) is 6.53. The number of rotatable bonds is 0. The quantitative estimate of drug-likeness (QED) is 0.545. The summed E-state index contributed by atoms with van der Waals surface area (Å²) in [6.07, 6.45) is 0. The van der Waals surface area contributed by atoms with Gasteiger partial charge in [-0.15, -0.1) is 0 Å². The molecule has 2 fully saturated rings. The average molecular weight is 162 g/mol. The van der Waals surface area contributed by atoms with Gasteiger partial charge in [-0.05, 0) is 7.05 Å². The van der Waals surface area contributed by atoms with Gasteiger partial charge >= 0.3 is 0 Å². The van der Waals surface area contributed by atoms with Crippen molar-refractivity contribution in [2.75, 3.05) is 33.2 Å². The van der Waals surface area contributed by atoms with Gasteiger partial charge in [-0.3, -0.25) is 0 Å². The lowest BCUT2D eigenvalue weighted by atomic mass is 9.77. The summed E-state index contributed by atoms with van der Waals surface area (Å²) >= 11 is 0. The van der Waals surface area contributed by atoms with Crippen molar-refractivity contribution < 1.29 is 8.78 Å². The Bertz CT molecular complexity index is 175. The molecule has 0 aromatic carbocycles. The van der Waals surface area contributed by atoms with E-state index in [4.69, 9.17) is 0 Å². The number of hydrogen-bond donors (Lipinski definition) is 1. The first-order chi connectivity index (χ1) is 5.06. The summed E-state index contributed by atoms with van der Waals surface area (Å²) in [7, 11) is 1.87. The van der Waals surface area contributed by atoms with E-state index in [0.29, 0.717) is 19.6 Å². The Morgan fingerprint density at radius 2 is 1.91 bits per heavy atom. The highest BCUT2D eigenvalue weighted by molar-refractivity contribution is 5.09. The Kier molecular flexibility index (Phi) is 1.30. The van der Waals surface area contributed by atoms with Crippen LogP contribution < -0.4 is 5.32 Å². The molecule has 2 nitrogen and oxygen atoms in total. The molecule has 64 valence electrons. The number of nitrogens with zero attached hydrogens (tertiary/aromatic N) is 1. The zero-order chi connectivity index (χ0) is 8.11. The molecule has 1 spiro atoms. The van der Waals surface area contributed by atoms with Gasteiger partial charge in [-0.2, -0.15) is 0 Å². The molecule has 0 aliphatic carbocycles. The van der Waals surface area contributed by atoms with Crippen molar-refractivity contribution >= 4 is 0 Å². The summed E-state index contributed by atoms with van der Waals surface area (Å²) < 4.78 is 26.3. The first-order valence-corrected chi connectivity index (χ1v) is 3.83. The predicted octanol–water partition coefficient (Wildman–Crippen LogP) is 0.157. The molecular formula is C7H12F2N2. The van der Waals surface area contributed by atoms with Crippen LogP contribution in [0.2, 0.25) is 0 Å². The average Bonchev–Trinajstić information content (AvgIpc) is 2.07. The van der Waals surface area contributed by atoms with Crippen molar-refractivity contribution in [2.45, 2.75) is 5.92 Å². The van der Waals surface area contributed by atoms with Crippen molar-refractivity contribution in [2.24, 2.45) is 5.41 Å². The van der Waals surface area contributed by atoms with E-state index in [-0.39, 0.29) is 6.54 Å². The maximum absolute atomic E-state index is 13.1. The highest BCUT2D eigenvalue weighted by Gasteiger charge is 2.62. The summed E-state index contributed by atoms with van der Waals surface area (Å²) in [4.78, 5) is 1.93. The van der Waals surface area contributed by atoms with Crippen LogP contribution in [0.25, 0.3) is 0 Å². The van der Waals surface area contributed by atoms with Gasteiger partial charge < -0.3 is 10.2 Å². The molecule has 2 aliphatic heterocycles. The van der Waals surface area contributed by atoms with Crippen LogP contribution in [0.1, 0.15) is 0 Å². The van der Waals surface area contributed by atoms with Crippen LogP contribution in [0.4, 0.5) is 8.78 Å². The van der Waals surface area contributed by atoms with Crippen LogP contribution in [0.3, 0.4) is 0 Å². The number of alkyl halides is 2. The molecule has 0 aromatic rings. The maximum Gasteiger partial charge on any atom is 0.269 e. The van der Waals surface area contributed by atoms with Crippen molar-refractivity contribution in [3.8, 4) is 0 Å². The lowest BCUT2D eigenvalue weighted by molar-refractivity contribution is -0.149. The molecule has 0 bridgehead atoms. The van der Waals surface area contributed by atoms with Crippen LogP contribution in [0, 0.1) is 5.41 Å². The Morgan fingerprint density at radius 1 is 1.27 bits per heavy atom. The third-order valence-electron chi connectivity index (χ3n) is 2.73. The van der Waals surface area contributed by atoms with Gasteiger partial charge in [0.15, 0.2) is 0 Å². The third-order valence-corrected chi connectivity index (χ3v) is 2.73. The van der Waals surface area contributed by atoms with Crippen LogP contribution in [-0.4, -0.2) is 44.0 Å². The van der Waals surface area contributed by atoms with E-state index >= 15 is 0 Å². The minimum atomic E-state index is -2.49. The topological polar surface area (TPSA) is 15.3 Å². The summed E-state index contributed by atoms with van der Waals surface area (Å²) in [6, 6.07) is 0. The molecule has 2 heterocycles. The molecule has 11 heavy (non-hydrogen) atoms. The minimum absolute atomic E-state index is 0.138. The van der Waals surface area contributed by atoms with Gasteiger partial charge in [0.25, 0.3) is 5.92 Å². The van der Waals surface area contributed by atoms with Gasteiger partial charge in [0.1, 0.15) is 0 Å². The molecule has 0 aromatic heterocycles. The molecule has 0 saturated carbocycles. The van der Waals surface area contributed by atoms with E-state index in [2.05, 4.69) is 5.32 Å². The van der Waals surface area contributed by atoms with Gasteiger partial charge in [0, 0.05) is 19.6 Å². The van der Waals surface area contributed by atoms with E-state index in [1.54, 1.807) is 0 Å². The normalized spacial score (nSPS) is 34.1. The van der Waals surface area contributed by atoms with Crippen molar-refractivity contribution in [3.63, 3.8) is 0 Å². The summed E-state index contributed by atoms with van der Waals surface area (Å²) in [5.74, 6) is -2.49. The van der Waals surface area contributed by atoms with E-state index in [1.807, 2.05) is 11.9 Å². The Balaban J connectivity index is 2.14. The number of halogens is 2. The number of nitrogens with one attached hydrogen (secondary N) is 1. The van der Waals surface area contributed by atoms with Crippen LogP contribution in [0.5, 0.6) is 0 Å². The largest absolute Gasteiger partial charge is 0.310 e. The van der Waals surface area contributed by atoms with Crippen molar-refractivity contribution in [1.29, 1.82) is 0 Å². The van der Waals surface area contributed by atoms with Crippen molar-refractivity contribution in [1.82, 2.24) is 10.2 Å². The molecule has 0 atom stereocenters. The molecule has 2 aliphatic rings. The molecule has 1 N–H and O–H groups in total. The smallest absolute Gasteiger partial charge is 0.269 e. The van der Waals surface area contributed by atoms with Gasteiger partial charge in [-0.25, -0.2) is 8.78 Å². The molecule has 0 radical (unpaired) electrons. The number of likely N-dealkylation sites (tertiary alicyclic amines) is 1. The summed E-state index contributed by atoms with van der Waals surface area (Å²) in [5, 5.41) is 2.75. The molecule has 0 unspecified atom stereocenters. The lowest BCUT2D eigenvalue weighted by Gasteiger charge is -2.48. The molecule has 0 amide bonds. The van der Waals surface area contributed by atoms with E-state index < -0.39 is 11.3 Å². The highest BCUT2D eigenvalue weighted by Crippen LogP contribution is 2.45. The lowest BCUT2D eigenvalue weighted by Crippen LogP contribution is -2.63.